The van der Waals surface area contributed by atoms with Crippen LogP contribution in [0.25, 0.3) is 10.6 Å². The number of carboxylic acid groups (broad SMARTS) is 1. The Kier molecular flexibility index (Phi) is 3.66. The fraction of sp³-hybridized carbons (Fsp3) is 0.0909. The van der Waals surface area contributed by atoms with Gasteiger partial charge in [-0.05, 0) is 13.0 Å². The number of carboxylic acids is 1. The zero-order valence-electron chi connectivity index (χ0n) is 9.50. The van der Waals surface area contributed by atoms with Gasteiger partial charge < -0.3 is 10.8 Å². The molecule has 0 fully saturated rings. The van der Waals surface area contributed by atoms with Crippen molar-refractivity contribution in [3.05, 3.63) is 32.5 Å². The molecule has 2 aromatic rings. The van der Waals surface area contributed by atoms with Crippen LogP contribution >= 0.6 is 34.5 Å². The van der Waals surface area contributed by atoms with Gasteiger partial charge in [0, 0.05) is 5.56 Å². The summed E-state index contributed by atoms with van der Waals surface area (Å²) in [6.45, 7) is 1.52. The minimum Gasteiger partial charge on any atom is -0.476 e. The standard InChI is InChI=1S/C11H7Cl2FN2O2S/c1-3-6(12)9(19-10(3)14)5-2-4(15)7(13)8(16-5)11(17)18/h2H,1H3,(H2,15,16)(H,17,18). The minimum absolute atomic E-state index is 0.0478. The monoisotopic (exact) mass is 320 g/mol. The quantitative estimate of drug-likeness (QED) is 0.881. The highest BCUT2D eigenvalue weighted by atomic mass is 35.5. The molecule has 2 rings (SSSR count). The highest BCUT2D eigenvalue weighted by molar-refractivity contribution is 7.14. The molecule has 100 valence electrons. The third-order valence-electron chi connectivity index (χ3n) is 2.44. The zero-order valence-corrected chi connectivity index (χ0v) is 11.8. The van der Waals surface area contributed by atoms with Crippen molar-refractivity contribution in [1.29, 1.82) is 0 Å². The summed E-state index contributed by atoms with van der Waals surface area (Å²) < 4.78 is 13.5. The van der Waals surface area contributed by atoms with Gasteiger partial charge in [0.1, 0.15) is 0 Å². The van der Waals surface area contributed by atoms with E-state index in [0.29, 0.717) is 4.88 Å². The number of halogens is 3. The second-order valence-corrected chi connectivity index (χ2v) is 5.44. The van der Waals surface area contributed by atoms with Gasteiger partial charge >= 0.3 is 5.97 Å². The molecule has 0 saturated heterocycles. The Labute approximate surface area is 121 Å². The number of rotatable bonds is 2. The number of hydrogen-bond donors (Lipinski definition) is 2. The van der Waals surface area contributed by atoms with E-state index in [9.17, 15) is 9.18 Å². The molecule has 0 aliphatic rings. The maximum atomic E-state index is 13.5. The van der Waals surface area contributed by atoms with E-state index in [4.69, 9.17) is 34.0 Å². The molecule has 0 spiro atoms. The van der Waals surface area contributed by atoms with Crippen LogP contribution in [0.15, 0.2) is 6.07 Å². The van der Waals surface area contributed by atoms with Gasteiger partial charge in [0.05, 0.1) is 26.3 Å². The van der Waals surface area contributed by atoms with Crippen LogP contribution in [0.4, 0.5) is 10.1 Å². The SMILES string of the molecule is Cc1c(F)sc(-c2cc(N)c(Cl)c(C(=O)O)n2)c1Cl. The van der Waals surface area contributed by atoms with Gasteiger partial charge in [-0.3, -0.25) is 0 Å². The lowest BCUT2D eigenvalue weighted by molar-refractivity contribution is 0.0691. The highest BCUT2D eigenvalue weighted by Crippen LogP contribution is 2.39. The van der Waals surface area contributed by atoms with Crippen molar-refractivity contribution in [1.82, 2.24) is 4.98 Å². The van der Waals surface area contributed by atoms with Crippen molar-refractivity contribution >= 4 is 46.2 Å². The molecule has 0 aliphatic heterocycles. The molecular weight excluding hydrogens is 314 g/mol. The highest BCUT2D eigenvalue weighted by Gasteiger charge is 2.20. The van der Waals surface area contributed by atoms with Gasteiger partial charge in [0.25, 0.3) is 0 Å². The van der Waals surface area contributed by atoms with E-state index < -0.39 is 11.1 Å². The Balaban J connectivity index is 2.69. The Bertz CT molecular complexity index is 688. The van der Waals surface area contributed by atoms with Crippen LogP contribution in [-0.4, -0.2) is 16.1 Å². The number of nitrogen functional groups attached to an aromatic ring is 1. The van der Waals surface area contributed by atoms with Crippen LogP contribution in [0.5, 0.6) is 0 Å². The van der Waals surface area contributed by atoms with Crippen LogP contribution in [0.3, 0.4) is 0 Å². The second-order valence-electron chi connectivity index (χ2n) is 3.71. The summed E-state index contributed by atoms with van der Waals surface area (Å²) in [5.41, 5.74) is 5.75. The van der Waals surface area contributed by atoms with Crippen LogP contribution in [0.2, 0.25) is 10.0 Å². The molecule has 0 radical (unpaired) electrons. The van der Waals surface area contributed by atoms with Crippen molar-refractivity contribution in [2.75, 3.05) is 5.73 Å². The van der Waals surface area contributed by atoms with E-state index >= 15 is 0 Å². The van der Waals surface area contributed by atoms with Crippen LogP contribution in [0.1, 0.15) is 16.1 Å². The number of pyridine rings is 1. The summed E-state index contributed by atoms with van der Waals surface area (Å²) in [4.78, 5) is 15.2. The lowest BCUT2D eigenvalue weighted by atomic mass is 10.2. The molecule has 0 bridgehead atoms. The Morgan fingerprint density at radius 2 is 2.11 bits per heavy atom. The number of carbonyl (C=O) groups is 1. The van der Waals surface area contributed by atoms with Crippen LogP contribution in [0, 0.1) is 12.1 Å². The minimum atomic E-state index is -1.32. The van der Waals surface area contributed by atoms with Crippen molar-refractivity contribution < 1.29 is 14.3 Å². The molecule has 0 atom stereocenters. The predicted octanol–water partition coefficient (Wildman–Crippen LogP) is 3.84. The average molecular weight is 321 g/mol. The van der Waals surface area contributed by atoms with E-state index in [1.165, 1.54) is 13.0 Å². The third kappa shape index (κ3) is 2.39. The first kappa shape index (κ1) is 14.0. The topological polar surface area (TPSA) is 76.2 Å². The van der Waals surface area contributed by atoms with Crippen molar-refractivity contribution in [2.24, 2.45) is 0 Å². The predicted molar refractivity (Wildman–Crippen MR) is 73.6 cm³/mol. The first-order valence-electron chi connectivity index (χ1n) is 4.97. The number of hydrogen-bond acceptors (Lipinski definition) is 4. The van der Waals surface area contributed by atoms with Gasteiger partial charge in [-0.2, -0.15) is 4.39 Å². The maximum Gasteiger partial charge on any atom is 0.356 e. The molecule has 2 heterocycles. The summed E-state index contributed by atoms with van der Waals surface area (Å²) in [6, 6.07) is 1.37. The van der Waals surface area contributed by atoms with E-state index in [1.807, 2.05) is 0 Å². The van der Waals surface area contributed by atoms with Gasteiger partial charge in [0.15, 0.2) is 10.8 Å². The zero-order chi connectivity index (χ0) is 14.3. The molecule has 19 heavy (non-hydrogen) atoms. The van der Waals surface area contributed by atoms with Crippen molar-refractivity contribution in [2.45, 2.75) is 6.92 Å². The van der Waals surface area contributed by atoms with Gasteiger partial charge in [-0.1, -0.05) is 23.2 Å². The first-order chi connectivity index (χ1) is 8.82. The van der Waals surface area contributed by atoms with Gasteiger partial charge in [-0.25, -0.2) is 9.78 Å². The van der Waals surface area contributed by atoms with Gasteiger partial charge in [0.2, 0.25) is 0 Å². The summed E-state index contributed by atoms with van der Waals surface area (Å²) >= 11 is 12.5. The smallest absolute Gasteiger partial charge is 0.356 e. The van der Waals surface area contributed by atoms with Crippen LogP contribution in [-0.2, 0) is 0 Å². The number of aromatic carboxylic acids is 1. The van der Waals surface area contributed by atoms with Crippen molar-refractivity contribution in [3.63, 3.8) is 0 Å². The van der Waals surface area contributed by atoms with Gasteiger partial charge in [-0.15, -0.1) is 11.3 Å². The lowest BCUT2D eigenvalue weighted by Gasteiger charge is -2.05. The summed E-state index contributed by atoms with van der Waals surface area (Å²) in [5.74, 6) is -1.32. The fourth-order valence-corrected chi connectivity index (χ4v) is 2.85. The summed E-state index contributed by atoms with van der Waals surface area (Å²) in [6.07, 6.45) is 0. The Morgan fingerprint density at radius 1 is 1.47 bits per heavy atom. The Hall–Kier alpha value is -1.37. The fourth-order valence-electron chi connectivity index (χ4n) is 1.44. The molecule has 3 N–H and O–H groups in total. The molecule has 8 heteroatoms. The lowest BCUT2D eigenvalue weighted by Crippen LogP contribution is -2.05. The van der Waals surface area contributed by atoms with Crippen molar-refractivity contribution in [3.8, 4) is 10.6 Å². The van der Waals surface area contributed by atoms with E-state index in [1.54, 1.807) is 0 Å². The van der Waals surface area contributed by atoms with E-state index in [2.05, 4.69) is 4.98 Å². The first-order valence-corrected chi connectivity index (χ1v) is 6.54. The number of anilines is 1. The third-order valence-corrected chi connectivity index (χ3v) is 4.52. The van der Waals surface area contributed by atoms with Crippen LogP contribution < -0.4 is 5.73 Å². The summed E-state index contributed by atoms with van der Waals surface area (Å²) in [5, 5.41) is 8.57. The molecule has 0 amide bonds. The largest absolute Gasteiger partial charge is 0.476 e. The molecular formula is C11H7Cl2FN2O2S. The number of nitrogens with zero attached hydrogens (tertiary/aromatic N) is 1. The molecule has 0 aliphatic carbocycles. The molecule has 0 saturated carbocycles. The molecule has 4 nitrogen and oxygen atoms in total. The molecule has 0 unspecified atom stereocenters. The Morgan fingerprint density at radius 3 is 2.58 bits per heavy atom. The number of nitrogens with two attached hydrogens (primary N) is 1. The van der Waals surface area contributed by atoms with E-state index in [-0.39, 0.29) is 32.7 Å². The molecule has 2 aromatic heterocycles. The number of thiophene rings is 1. The molecule has 0 aromatic carbocycles. The average Bonchev–Trinajstić information content (AvgIpc) is 2.60. The summed E-state index contributed by atoms with van der Waals surface area (Å²) in [7, 11) is 0. The second kappa shape index (κ2) is 4.96. The van der Waals surface area contributed by atoms with E-state index in [0.717, 1.165) is 11.3 Å². The normalized spacial score (nSPS) is 10.7. The maximum absolute atomic E-state index is 13.5. The number of aromatic nitrogens is 1.